The van der Waals surface area contributed by atoms with Crippen molar-refractivity contribution in [1.82, 2.24) is 0 Å². The lowest BCUT2D eigenvalue weighted by Gasteiger charge is -2.30. The van der Waals surface area contributed by atoms with Crippen molar-refractivity contribution in [1.29, 1.82) is 0 Å². The highest BCUT2D eigenvalue weighted by Gasteiger charge is 2.29. The second kappa shape index (κ2) is 5.14. The Morgan fingerprint density at radius 2 is 1.68 bits per heavy atom. The Morgan fingerprint density at radius 1 is 0.955 bits per heavy atom. The van der Waals surface area contributed by atoms with Crippen LogP contribution >= 0.6 is 11.8 Å². The Morgan fingerprint density at radius 3 is 2.50 bits per heavy atom. The molecule has 0 bridgehead atoms. The van der Waals surface area contributed by atoms with Gasteiger partial charge in [-0.15, -0.1) is 0 Å². The van der Waals surface area contributed by atoms with E-state index < -0.39 is 0 Å². The molecule has 2 aromatic carbocycles. The van der Waals surface area contributed by atoms with Gasteiger partial charge in [0.05, 0.1) is 23.4 Å². The average Bonchev–Trinajstić information content (AvgIpc) is 2.92. The molecule has 1 aliphatic heterocycles. The maximum atomic E-state index is 5.98. The first-order valence-corrected chi connectivity index (χ1v) is 7.90. The number of ether oxygens (including phenoxy) is 1. The van der Waals surface area contributed by atoms with E-state index in [2.05, 4.69) is 29.2 Å². The summed E-state index contributed by atoms with van der Waals surface area (Å²) in [6.07, 6.45) is 0. The number of methoxy groups -OCH3 is 1. The Labute approximate surface area is 133 Å². The first-order chi connectivity index (χ1) is 10.8. The molecule has 0 N–H and O–H groups in total. The van der Waals surface area contributed by atoms with E-state index in [1.165, 1.54) is 4.90 Å². The van der Waals surface area contributed by atoms with Gasteiger partial charge in [-0.25, -0.2) is 0 Å². The van der Waals surface area contributed by atoms with E-state index in [0.29, 0.717) is 0 Å². The number of hydrogen-bond donors (Lipinski definition) is 0. The van der Waals surface area contributed by atoms with E-state index in [-0.39, 0.29) is 0 Å². The number of benzene rings is 2. The molecule has 1 aromatic heterocycles. The van der Waals surface area contributed by atoms with E-state index in [1.54, 1.807) is 18.9 Å². The van der Waals surface area contributed by atoms with Crippen LogP contribution in [0.25, 0.3) is 0 Å². The van der Waals surface area contributed by atoms with Crippen LogP contribution < -0.4 is 9.64 Å². The van der Waals surface area contributed by atoms with Crippen molar-refractivity contribution in [2.45, 2.75) is 16.7 Å². The Bertz CT molecular complexity index is 841. The topological polar surface area (TPSA) is 25.6 Å². The Hall–Kier alpha value is -2.33. The summed E-state index contributed by atoms with van der Waals surface area (Å²) in [5.74, 6) is 2.58. The van der Waals surface area contributed by atoms with E-state index in [9.17, 15) is 0 Å². The van der Waals surface area contributed by atoms with Crippen LogP contribution in [0.5, 0.6) is 5.75 Å². The molecule has 22 heavy (non-hydrogen) atoms. The normalized spacial score (nSPS) is 12.7. The molecule has 3 nitrogen and oxygen atoms in total. The molecule has 0 atom stereocenters. The number of aryl methyl sites for hydroxylation is 1. The predicted molar refractivity (Wildman–Crippen MR) is 88.8 cm³/mol. The molecule has 2 heterocycles. The monoisotopic (exact) mass is 309 g/mol. The number of rotatable bonds is 2. The van der Waals surface area contributed by atoms with Crippen LogP contribution in [0.3, 0.4) is 0 Å². The van der Waals surface area contributed by atoms with Crippen LogP contribution in [0.15, 0.2) is 68.8 Å². The highest BCUT2D eigenvalue weighted by Crippen LogP contribution is 2.53. The minimum atomic E-state index is 0.823. The number of fused-ring (bicyclic) bond motifs is 2. The zero-order valence-electron chi connectivity index (χ0n) is 12.4. The number of para-hydroxylation sites is 3. The molecular formula is C18H15NO2S. The molecule has 3 aromatic rings. The van der Waals surface area contributed by atoms with Gasteiger partial charge < -0.3 is 9.15 Å². The zero-order chi connectivity index (χ0) is 15.1. The minimum absolute atomic E-state index is 0.823. The van der Waals surface area contributed by atoms with Gasteiger partial charge in [0.15, 0.2) is 0 Å². The maximum Gasteiger partial charge on any atom is 0.218 e. The van der Waals surface area contributed by atoms with Gasteiger partial charge in [-0.1, -0.05) is 36.0 Å². The van der Waals surface area contributed by atoms with Gasteiger partial charge in [0.2, 0.25) is 5.88 Å². The van der Waals surface area contributed by atoms with Crippen molar-refractivity contribution >= 4 is 29.0 Å². The molecule has 4 rings (SSSR count). The van der Waals surface area contributed by atoms with Crippen molar-refractivity contribution in [3.8, 4) is 5.75 Å². The minimum Gasteiger partial charge on any atom is -0.495 e. The summed E-state index contributed by atoms with van der Waals surface area (Å²) < 4.78 is 11.5. The van der Waals surface area contributed by atoms with Crippen molar-refractivity contribution in [2.75, 3.05) is 12.0 Å². The standard InChI is InChI=1S/C18H15NO2S/c1-12-11-17-18(21-12)19(13-7-3-5-9-15(13)20-2)14-8-4-6-10-16(14)22-17/h3-11H,1-2H3. The predicted octanol–water partition coefficient (Wildman–Crippen LogP) is 5.53. The van der Waals surface area contributed by atoms with Gasteiger partial charge in [-0.3, -0.25) is 4.90 Å². The molecule has 0 spiro atoms. The number of furan rings is 1. The fraction of sp³-hybridized carbons (Fsp3) is 0.111. The van der Waals surface area contributed by atoms with Gasteiger partial charge in [-0.05, 0) is 37.3 Å². The van der Waals surface area contributed by atoms with Crippen LogP contribution in [0.1, 0.15) is 5.76 Å². The lowest BCUT2D eigenvalue weighted by atomic mass is 10.2. The molecule has 0 aliphatic carbocycles. The molecule has 0 unspecified atom stereocenters. The van der Waals surface area contributed by atoms with Crippen LogP contribution in [0, 0.1) is 6.92 Å². The Balaban J connectivity index is 1.98. The van der Waals surface area contributed by atoms with Crippen molar-refractivity contribution in [3.63, 3.8) is 0 Å². The highest BCUT2D eigenvalue weighted by atomic mass is 32.2. The first-order valence-electron chi connectivity index (χ1n) is 7.08. The Kier molecular flexibility index (Phi) is 3.12. The highest BCUT2D eigenvalue weighted by molar-refractivity contribution is 7.99. The van der Waals surface area contributed by atoms with Gasteiger partial charge >= 0.3 is 0 Å². The van der Waals surface area contributed by atoms with Crippen LogP contribution in [0.2, 0.25) is 0 Å². The van der Waals surface area contributed by atoms with Crippen molar-refractivity contribution in [3.05, 3.63) is 60.4 Å². The summed E-state index contributed by atoms with van der Waals surface area (Å²) in [5.41, 5.74) is 2.09. The fourth-order valence-electron chi connectivity index (χ4n) is 2.72. The summed E-state index contributed by atoms with van der Waals surface area (Å²) in [6, 6.07) is 18.4. The lowest BCUT2D eigenvalue weighted by molar-refractivity contribution is 0.415. The van der Waals surface area contributed by atoms with E-state index in [4.69, 9.17) is 9.15 Å². The van der Waals surface area contributed by atoms with Crippen LogP contribution in [-0.2, 0) is 0 Å². The largest absolute Gasteiger partial charge is 0.495 e. The van der Waals surface area contributed by atoms with Gasteiger partial charge in [0, 0.05) is 4.90 Å². The number of nitrogens with zero attached hydrogens (tertiary/aromatic N) is 1. The lowest BCUT2D eigenvalue weighted by Crippen LogP contribution is -2.14. The molecule has 0 saturated carbocycles. The summed E-state index contributed by atoms with van der Waals surface area (Å²) in [7, 11) is 1.69. The number of anilines is 3. The molecule has 0 fully saturated rings. The van der Waals surface area contributed by atoms with Gasteiger partial charge in [0.1, 0.15) is 11.5 Å². The summed E-state index contributed by atoms with van der Waals surface area (Å²) in [4.78, 5) is 4.47. The van der Waals surface area contributed by atoms with E-state index in [1.807, 2.05) is 37.3 Å². The fourth-order valence-corrected chi connectivity index (χ4v) is 3.81. The van der Waals surface area contributed by atoms with Crippen molar-refractivity contribution in [2.24, 2.45) is 0 Å². The number of hydrogen-bond acceptors (Lipinski definition) is 4. The van der Waals surface area contributed by atoms with Gasteiger partial charge in [-0.2, -0.15) is 0 Å². The third kappa shape index (κ3) is 1.99. The summed E-state index contributed by atoms with van der Waals surface area (Å²) >= 11 is 1.74. The summed E-state index contributed by atoms with van der Waals surface area (Å²) in [6.45, 7) is 1.98. The second-order valence-electron chi connectivity index (χ2n) is 5.10. The zero-order valence-corrected chi connectivity index (χ0v) is 13.2. The SMILES string of the molecule is COc1ccccc1N1c2ccccc2Sc2cc(C)oc21. The smallest absolute Gasteiger partial charge is 0.218 e. The molecule has 0 amide bonds. The molecule has 110 valence electrons. The van der Waals surface area contributed by atoms with Gasteiger partial charge in [0.25, 0.3) is 0 Å². The molecular weight excluding hydrogens is 294 g/mol. The van der Waals surface area contributed by atoms with E-state index >= 15 is 0 Å². The molecule has 0 radical (unpaired) electrons. The third-order valence-electron chi connectivity index (χ3n) is 3.66. The van der Waals surface area contributed by atoms with Crippen LogP contribution in [0.4, 0.5) is 17.3 Å². The maximum absolute atomic E-state index is 5.98. The summed E-state index contributed by atoms with van der Waals surface area (Å²) in [5, 5.41) is 0. The average molecular weight is 309 g/mol. The second-order valence-corrected chi connectivity index (χ2v) is 6.19. The molecule has 1 aliphatic rings. The van der Waals surface area contributed by atoms with Crippen LogP contribution in [-0.4, -0.2) is 7.11 Å². The van der Waals surface area contributed by atoms with Crippen molar-refractivity contribution < 1.29 is 9.15 Å². The molecule has 0 saturated heterocycles. The third-order valence-corrected chi connectivity index (χ3v) is 4.74. The quantitative estimate of drug-likeness (QED) is 0.486. The first kappa shape index (κ1) is 13.3. The molecule has 4 heteroatoms. The van der Waals surface area contributed by atoms with E-state index in [0.717, 1.165) is 33.7 Å².